The molecule has 1 aromatic carbocycles. The summed E-state index contributed by atoms with van der Waals surface area (Å²) in [6, 6.07) is 9.27. The van der Waals surface area contributed by atoms with Crippen molar-refractivity contribution in [3.63, 3.8) is 0 Å². The van der Waals surface area contributed by atoms with Crippen molar-refractivity contribution in [1.29, 1.82) is 0 Å². The van der Waals surface area contributed by atoms with Crippen molar-refractivity contribution in [2.24, 2.45) is 5.73 Å². The smallest absolute Gasteiger partial charge is 0.0180 e. The van der Waals surface area contributed by atoms with Gasteiger partial charge in [0, 0.05) is 37.2 Å². The second kappa shape index (κ2) is 6.43. The highest BCUT2D eigenvalue weighted by molar-refractivity contribution is 7.99. The highest BCUT2D eigenvalue weighted by Gasteiger charge is 2.18. The third-order valence-corrected chi connectivity index (χ3v) is 4.70. The Morgan fingerprint density at radius 2 is 2.12 bits per heavy atom. The number of rotatable bonds is 4. The Bertz CT molecular complexity index is 354. The zero-order valence-corrected chi connectivity index (χ0v) is 11.4. The van der Waals surface area contributed by atoms with Gasteiger partial charge in [-0.25, -0.2) is 0 Å². The molecule has 1 heterocycles. The summed E-state index contributed by atoms with van der Waals surface area (Å²) in [6.45, 7) is 5.39. The first-order valence-electron chi connectivity index (χ1n) is 6.40. The molecule has 0 spiro atoms. The van der Waals surface area contributed by atoms with Gasteiger partial charge in [0.05, 0.1) is 0 Å². The van der Waals surface area contributed by atoms with Crippen molar-refractivity contribution in [2.75, 3.05) is 24.6 Å². The molecule has 1 saturated heterocycles. The Hall–Kier alpha value is -0.510. The fourth-order valence-electron chi connectivity index (χ4n) is 2.36. The molecule has 0 aromatic heterocycles. The van der Waals surface area contributed by atoms with Gasteiger partial charge in [-0.2, -0.15) is 11.8 Å². The summed E-state index contributed by atoms with van der Waals surface area (Å²) in [5, 5.41) is 0. The van der Waals surface area contributed by atoms with E-state index in [9.17, 15) is 0 Å². The molecule has 3 heteroatoms. The second-order valence-corrected chi connectivity index (χ2v) is 5.83. The standard InChI is InChI=1S/C14H22N2S/c1-12-11-17-9-8-16(12)7-6-13-4-2-3-5-14(13)10-15/h2-5,12H,6-11,15H2,1H3. The van der Waals surface area contributed by atoms with E-state index >= 15 is 0 Å². The summed E-state index contributed by atoms with van der Waals surface area (Å²) in [7, 11) is 0. The van der Waals surface area contributed by atoms with Gasteiger partial charge in [-0.3, -0.25) is 4.90 Å². The molecular formula is C14H22N2S. The van der Waals surface area contributed by atoms with Crippen molar-refractivity contribution in [3.8, 4) is 0 Å². The summed E-state index contributed by atoms with van der Waals surface area (Å²) in [4.78, 5) is 2.60. The Balaban J connectivity index is 1.92. The van der Waals surface area contributed by atoms with Gasteiger partial charge in [-0.15, -0.1) is 0 Å². The van der Waals surface area contributed by atoms with E-state index in [2.05, 4.69) is 47.9 Å². The lowest BCUT2D eigenvalue weighted by atomic mass is 10.0. The number of nitrogens with zero attached hydrogens (tertiary/aromatic N) is 1. The Kier molecular flexibility index (Phi) is 4.89. The SMILES string of the molecule is CC1CSCCN1CCc1ccccc1CN. The molecule has 0 radical (unpaired) electrons. The van der Waals surface area contributed by atoms with Crippen LogP contribution in [0.3, 0.4) is 0 Å². The lowest BCUT2D eigenvalue weighted by Crippen LogP contribution is -2.41. The fraction of sp³-hybridized carbons (Fsp3) is 0.571. The molecule has 0 aliphatic carbocycles. The van der Waals surface area contributed by atoms with E-state index in [1.807, 2.05) is 0 Å². The minimum Gasteiger partial charge on any atom is -0.326 e. The third-order valence-electron chi connectivity index (χ3n) is 3.51. The number of benzene rings is 1. The van der Waals surface area contributed by atoms with Crippen LogP contribution in [0.4, 0.5) is 0 Å². The fourth-order valence-corrected chi connectivity index (χ4v) is 3.44. The number of nitrogens with two attached hydrogens (primary N) is 1. The molecule has 2 N–H and O–H groups in total. The molecule has 1 unspecified atom stereocenters. The number of hydrogen-bond acceptors (Lipinski definition) is 3. The largest absolute Gasteiger partial charge is 0.326 e. The highest BCUT2D eigenvalue weighted by atomic mass is 32.2. The van der Waals surface area contributed by atoms with Gasteiger partial charge in [-0.05, 0) is 24.5 Å². The van der Waals surface area contributed by atoms with E-state index in [1.165, 1.54) is 35.7 Å². The Morgan fingerprint density at radius 3 is 2.82 bits per heavy atom. The van der Waals surface area contributed by atoms with E-state index in [0.29, 0.717) is 6.54 Å². The van der Waals surface area contributed by atoms with Crippen molar-refractivity contribution < 1.29 is 0 Å². The maximum Gasteiger partial charge on any atom is 0.0180 e. The van der Waals surface area contributed by atoms with Gasteiger partial charge in [0.15, 0.2) is 0 Å². The molecule has 1 aliphatic heterocycles. The van der Waals surface area contributed by atoms with Gasteiger partial charge < -0.3 is 5.73 Å². The van der Waals surface area contributed by atoms with Crippen LogP contribution in [0.5, 0.6) is 0 Å². The van der Waals surface area contributed by atoms with Gasteiger partial charge in [0.1, 0.15) is 0 Å². The van der Waals surface area contributed by atoms with Crippen molar-refractivity contribution in [3.05, 3.63) is 35.4 Å². The van der Waals surface area contributed by atoms with Crippen molar-refractivity contribution >= 4 is 11.8 Å². The maximum atomic E-state index is 5.77. The summed E-state index contributed by atoms with van der Waals surface area (Å²) in [5.41, 5.74) is 8.48. The van der Waals surface area contributed by atoms with Crippen LogP contribution in [0.25, 0.3) is 0 Å². The molecule has 1 aromatic rings. The van der Waals surface area contributed by atoms with Crippen LogP contribution in [-0.2, 0) is 13.0 Å². The van der Waals surface area contributed by atoms with Crippen LogP contribution in [0.1, 0.15) is 18.1 Å². The predicted molar refractivity (Wildman–Crippen MR) is 76.4 cm³/mol. The van der Waals surface area contributed by atoms with Crippen LogP contribution in [0, 0.1) is 0 Å². The van der Waals surface area contributed by atoms with Gasteiger partial charge >= 0.3 is 0 Å². The van der Waals surface area contributed by atoms with Crippen LogP contribution < -0.4 is 5.73 Å². The lowest BCUT2D eigenvalue weighted by molar-refractivity contribution is 0.235. The van der Waals surface area contributed by atoms with Crippen molar-refractivity contribution in [1.82, 2.24) is 4.90 Å². The normalized spacial score (nSPS) is 21.6. The highest BCUT2D eigenvalue weighted by Crippen LogP contribution is 2.17. The van der Waals surface area contributed by atoms with E-state index < -0.39 is 0 Å². The average Bonchev–Trinajstić information content (AvgIpc) is 2.38. The third kappa shape index (κ3) is 3.47. The summed E-state index contributed by atoms with van der Waals surface area (Å²) in [5.74, 6) is 2.56. The predicted octanol–water partition coefficient (Wildman–Crippen LogP) is 2.13. The first-order chi connectivity index (χ1) is 8.31. The molecule has 2 nitrogen and oxygen atoms in total. The average molecular weight is 250 g/mol. The van der Waals surface area contributed by atoms with Gasteiger partial charge in [0.25, 0.3) is 0 Å². The quantitative estimate of drug-likeness (QED) is 0.887. The molecule has 1 fully saturated rings. The Labute approximate surface area is 109 Å². The summed E-state index contributed by atoms with van der Waals surface area (Å²) < 4.78 is 0. The molecule has 94 valence electrons. The number of hydrogen-bond donors (Lipinski definition) is 1. The zero-order chi connectivity index (χ0) is 12.1. The molecule has 0 bridgehead atoms. The van der Waals surface area contributed by atoms with Crippen LogP contribution in [-0.4, -0.2) is 35.5 Å². The molecule has 1 aliphatic rings. The summed E-state index contributed by atoms with van der Waals surface area (Å²) >= 11 is 2.07. The van der Waals surface area contributed by atoms with Gasteiger partial charge in [-0.1, -0.05) is 24.3 Å². The lowest BCUT2D eigenvalue weighted by Gasteiger charge is -2.33. The van der Waals surface area contributed by atoms with Crippen LogP contribution in [0.15, 0.2) is 24.3 Å². The van der Waals surface area contributed by atoms with E-state index in [4.69, 9.17) is 5.73 Å². The minimum atomic E-state index is 0.654. The first-order valence-corrected chi connectivity index (χ1v) is 7.55. The Morgan fingerprint density at radius 1 is 1.35 bits per heavy atom. The monoisotopic (exact) mass is 250 g/mol. The first kappa shape index (κ1) is 12.9. The van der Waals surface area contributed by atoms with Crippen molar-refractivity contribution in [2.45, 2.75) is 25.9 Å². The molecule has 2 rings (SSSR count). The summed E-state index contributed by atoms with van der Waals surface area (Å²) in [6.07, 6.45) is 1.13. The van der Waals surface area contributed by atoms with E-state index in [-0.39, 0.29) is 0 Å². The molecule has 0 saturated carbocycles. The molecule has 1 atom stereocenters. The van der Waals surface area contributed by atoms with E-state index in [1.54, 1.807) is 0 Å². The topological polar surface area (TPSA) is 29.3 Å². The second-order valence-electron chi connectivity index (χ2n) is 4.68. The van der Waals surface area contributed by atoms with Crippen LogP contribution in [0.2, 0.25) is 0 Å². The molecule has 17 heavy (non-hydrogen) atoms. The molecule has 0 amide bonds. The van der Waals surface area contributed by atoms with Crippen LogP contribution >= 0.6 is 11.8 Å². The minimum absolute atomic E-state index is 0.654. The van der Waals surface area contributed by atoms with E-state index in [0.717, 1.165) is 12.5 Å². The molecular weight excluding hydrogens is 228 g/mol. The zero-order valence-electron chi connectivity index (χ0n) is 10.6. The number of thioether (sulfide) groups is 1. The van der Waals surface area contributed by atoms with Gasteiger partial charge in [0.2, 0.25) is 0 Å². The maximum absolute atomic E-state index is 5.77.